The second-order valence-electron chi connectivity index (χ2n) is 6.37. The molecule has 1 aromatic heterocycles. The van der Waals surface area contributed by atoms with Gasteiger partial charge in [-0.25, -0.2) is 0 Å². The van der Waals surface area contributed by atoms with Gasteiger partial charge in [-0.2, -0.15) is 0 Å². The third-order valence-electron chi connectivity index (χ3n) is 4.13. The molecule has 0 aliphatic carbocycles. The van der Waals surface area contributed by atoms with Crippen LogP contribution in [0.2, 0.25) is 0 Å². The number of hydrogen-bond acceptors (Lipinski definition) is 4. The number of nitrogens with zero attached hydrogens (tertiary/aromatic N) is 1. The number of anilines is 1. The van der Waals surface area contributed by atoms with Crippen molar-refractivity contribution in [3.05, 3.63) is 57.2 Å². The van der Waals surface area contributed by atoms with Gasteiger partial charge in [-0.3, -0.25) is 14.2 Å². The zero-order chi connectivity index (χ0) is 18.8. The van der Waals surface area contributed by atoms with Gasteiger partial charge in [-0.15, -0.1) is 0 Å². The van der Waals surface area contributed by atoms with Gasteiger partial charge in [0, 0.05) is 12.2 Å². The zero-order valence-electron chi connectivity index (χ0n) is 15.3. The van der Waals surface area contributed by atoms with Crippen molar-refractivity contribution in [3.8, 4) is 5.75 Å². The summed E-state index contributed by atoms with van der Waals surface area (Å²) in [5, 5.41) is 2.86. The van der Waals surface area contributed by atoms with E-state index >= 15 is 0 Å². The van der Waals surface area contributed by atoms with Gasteiger partial charge in [0.1, 0.15) is 5.75 Å². The fraction of sp³-hybridized carbons (Fsp3) is 0.300. The number of aromatic nitrogens is 1. The van der Waals surface area contributed by atoms with E-state index in [0.717, 1.165) is 21.3 Å². The summed E-state index contributed by atoms with van der Waals surface area (Å²) in [6.45, 7) is 8.28. The molecule has 1 atom stereocenters. The van der Waals surface area contributed by atoms with Crippen LogP contribution in [0.25, 0.3) is 10.2 Å². The number of carbonyl (C=O) groups is 1. The van der Waals surface area contributed by atoms with E-state index in [-0.39, 0.29) is 10.8 Å². The first-order valence-corrected chi connectivity index (χ1v) is 9.38. The molecular formula is C20H22N2O3S. The number of aryl methyl sites for hydroxylation is 3. The quantitative estimate of drug-likeness (QED) is 0.735. The topological polar surface area (TPSA) is 60.3 Å². The highest BCUT2D eigenvalue weighted by atomic mass is 32.1. The predicted octanol–water partition coefficient (Wildman–Crippen LogP) is 4.11. The molecular weight excluding hydrogens is 348 g/mol. The van der Waals surface area contributed by atoms with Crippen LogP contribution in [0.5, 0.6) is 5.75 Å². The lowest BCUT2D eigenvalue weighted by Crippen LogP contribution is -2.30. The summed E-state index contributed by atoms with van der Waals surface area (Å²) in [5.41, 5.74) is 3.73. The fourth-order valence-corrected chi connectivity index (χ4v) is 3.94. The van der Waals surface area contributed by atoms with Gasteiger partial charge < -0.3 is 10.1 Å². The van der Waals surface area contributed by atoms with Crippen molar-refractivity contribution in [2.45, 2.75) is 40.3 Å². The maximum atomic E-state index is 12.5. The lowest BCUT2D eigenvalue weighted by molar-refractivity contribution is -0.122. The van der Waals surface area contributed by atoms with Crippen LogP contribution in [-0.4, -0.2) is 16.6 Å². The predicted molar refractivity (Wildman–Crippen MR) is 106 cm³/mol. The van der Waals surface area contributed by atoms with E-state index in [2.05, 4.69) is 11.4 Å². The van der Waals surface area contributed by atoms with Gasteiger partial charge in [-0.1, -0.05) is 17.4 Å². The number of amides is 1. The smallest absolute Gasteiger partial charge is 0.308 e. The Morgan fingerprint density at radius 3 is 2.54 bits per heavy atom. The Hall–Kier alpha value is -2.60. The number of rotatable bonds is 5. The maximum Gasteiger partial charge on any atom is 0.308 e. The maximum absolute atomic E-state index is 12.5. The molecule has 0 saturated carbocycles. The van der Waals surface area contributed by atoms with Gasteiger partial charge in [-0.05, 0) is 69.2 Å². The van der Waals surface area contributed by atoms with Crippen molar-refractivity contribution < 1.29 is 9.53 Å². The van der Waals surface area contributed by atoms with Crippen molar-refractivity contribution in [2.24, 2.45) is 0 Å². The Labute approximate surface area is 156 Å². The van der Waals surface area contributed by atoms with E-state index in [0.29, 0.717) is 18.0 Å². The third kappa shape index (κ3) is 3.80. The van der Waals surface area contributed by atoms with E-state index in [4.69, 9.17) is 4.74 Å². The summed E-state index contributed by atoms with van der Waals surface area (Å²) in [5.74, 6) is 0.449. The molecule has 6 heteroatoms. The van der Waals surface area contributed by atoms with E-state index in [1.807, 2.05) is 51.1 Å². The van der Waals surface area contributed by atoms with Crippen LogP contribution in [0.15, 0.2) is 41.2 Å². The molecule has 0 fully saturated rings. The average Bonchev–Trinajstić information content (AvgIpc) is 2.87. The van der Waals surface area contributed by atoms with Crippen LogP contribution in [0.4, 0.5) is 5.69 Å². The van der Waals surface area contributed by atoms with Crippen molar-refractivity contribution in [3.63, 3.8) is 0 Å². The molecule has 0 aliphatic rings. The summed E-state index contributed by atoms with van der Waals surface area (Å²) in [7, 11) is 0. The van der Waals surface area contributed by atoms with E-state index in [1.165, 1.54) is 11.3 Å². The van der Waals surface area contributed by atoms with E-state index in [1.54, 1.807) is 11.5 Å². The number of thiazole rings is 1. The molecule has 0 spiro atoms. The molecule has 136 valence electrons. The average molecular weight is 370 g/mol. The highest BCUT2D eigenvalue weighted by Crippen LogP contribution is 2.23. The molecule has 0 unspecified atom stereocenters. The van der Waals surface area contributed by atoms with E-state index in [9.17, 15) is 9.59 Å². The minimum atomic E-state index is -0.633. The van der Waals surface area contributed by atoms with Gasteiger partial charge in [0.25, 0.3) is 5.91 Å². The lowest BCUT2D eigenvalue weighted by atomic mass is 10.1. The van der Waals surface area contributed by atoms with Crippen LogP contribution in [0, 0.1) is 13.8 Å². The summed E-state index contributed by atoms with van der Waals surface area (Å²) < 4.78 is 8.35. The van der Waals surface area contributed by atoms with Gasteiger partial charge >= 0.3 is 4.87 Å². The molecule has 1 N–H and O–H groups in total. The Balaban J connectivity index is 1.74. The number of ether oxygens (including phenoxy) is 1. The van der Waals surface area contributed by atoms with Crippen molar-refractivity contribution >= 4 is 33.1 Å². The minimum Gasteiger partial charge on any atom is -0.481 e. The lowest BCUT2D eigenvalue weighted by Gasteiger charge is -2.15. The second kappa shape index (κ2) is 7.33. The second-order valence-corrected chi connectivity index (χ2v) is 7.36. The third-order valence-corrected chi connectivity index (χ3v) is 5.07. The first-order chi connectivity index (χ1) is 12.4. The van der Waals surface area contributed by atoms with Crippen LogP contribution < -0.4 is 14.9 Å². The van der Waals surface area contributed by atoms with Crippen LogP contribution >= 0.6 is 11.3 Å². The molecule has 0 saturated heterocycles. The highest BCUT2D eigenvalue weighted by Gasteiger charge is 2.16. The highest BCUT2D eigenvalue weighted by molar-refractivity contribution is 7.16. The molecule has 2 aromatic carbocycles. The standard InChI is InChI=1S/C20H22N2O3S/c1-5-22-17-7-6-15(11-18(17)26-20(22)24)21-19(23)14(4)25-16-9-12(2)8-13(3)10-16/h6-11,14H,5H2,1-4H3,(H,21,23)/t14-/m1/s1. The molecule has 0 radical (unpaired) electrons. The largest absolute Gasteiger partial charge is 0.481 e. The fourth-order valence-electron chi connectivity index (χ4n) is 2.95. The SMILES string of the molecule is CCn1c(=O)sc2cc(NC(=O)[C@@H](C)Oc3cc(C)cc(C)c3)ccc21. The molecule has 5 nitrogen and oxygen atoms in total. The number of carbonyl (C=O) groups excluding carboxylic acids is 1. The Bertz CT molecular complexity index is 999. The number of fused-ring (bicyclic) bond motifs is 1. The number of hydrogen-bond donors (Lipinski definition) is 1. The monoisotopic (exact) mass is 370 g/mol. The van der Waals surface area contributed by atoms with E-state index < -0.39 is 6.10 Å². The van der Waals surface area contributed by atoms with Gasteiger partial charge in [0.15, 0.2) is 6.10 Å². The Kier molecular flexibility index (Phi) is 5.13. The normalized spacial score (nSPS) is 12.2. The summed E-state index contributed by atoms with van der Waals surface area (Å²) in [6, 6.07) is 11.4. The molecule has 0 bridgehead atoms. The zero-order valence-corrected chi connectivity index (χ0v) is 16.1. The molecule has 1 amide bonds. The molecule has 3 aromatic rings. The van der Waals surface area contributed by atoms with Crippen molar-refractivity contribution in [1.82, 2.24) is 4.57 Å². The molecule has 3 rings (SSSR count). The first kappa shape index (κ1) is 18.2. The van der Waals surface area contributed by atoms with Gasteiger partial charge in [0.2, 0.25) is 0 Å². The molecule has 0 aliphatic heterocycles. The molecule has 1 heterocycles. The summed E-state index contributed by atoms with van der Waals surface area (Å²) in [4.78, 5) is 24.4. The van der Waals surface area contributed by atoms with Crippen molar-refractivity contribution in [2.75, 3.05) is 5.32 Å². The van der Waals surface area contributed by atoms with Crippen LogP contribution in [0.3, 0.4) is 0 Å². The van der Waals surface area contributed by atoms with Crippen LogP contribution in [0.1, 0.15) is 25.0 Å². The molecule has 26 heavy (non-hydrogen) atoms. The summed E-state index contributed by atoms with van der Waals surface area (Å²) in [6.07, 6.45) is -0.633. The van der Waals surface area contributed by atoms with Crippen LogP contribution in [-0.2, 0) is 11.3 Å². The number of benzene rings is 2. The minimum absolute atomic E-state index is 0.0116. The van der Waals surface area contributed by atoms with Crippen molar-refractivity contribution in [1.29, 1.82) is 0 Å². The summed E-state index contributed by atoms with van der Waals surface area (Å²) >= 11 is 1.18. The first-order valence-electron chi connectivity index (χ1n) is 8.56. The Morgan fingerprint density at radius 1 is 1.19 bits per heavy atom. The van der Waals surface area contributed by atoms with Gasteiger partial charge in [0.05, 0.1) is 10.2 Å². The Morgan fingerprint density at radius 2 is 1.88 bits per heavy atom. The number of nitrogens with one attached hydrogen (secondary N) is 1.